The first-order chi connectivity index (χ1) is 7.04. The van der Waals surface area contributed by atoms with Gasteiger partial charge in [-0.1, -0.05) is 0 Å². The van der Waals surface area contributed by atoms with Crippen molar-refractivity contribution in [2.24, 2.45) is 11.5 Å². The van der Waals surface area contributed by atoms with Crippen LogP contribution in [0.5, 0.6) is 0 Å². The summed E-state index contributed by atoms with van der Waals surface area (Å²) in [6.45, 7) is 0. The van der Waals surface area contributed by atoms with Crippen molar-refractivity contribution in [3.05, 3.63) is 12.2 Å². The third-order valence-electron chi connectivity index (χ3n) is 2.81. The zero-order valence-electron chi connectivity index (χ0n) is 8.01. The van der Waals surface area contributed by atoms with Gasteiger partial charge in [0.1, 0.15) is 6.10 Å². The Labute approximate surface area is 86.2 Å². The number of fused-ring (bicyclic) bond motifs is 1. The third kappa shape index (κ3) is 1.51. The molecule has 2 rings (SSSR count). The first-order valence-electron chi connectivity index (χ1n) is 4.67. The van der Waals surface area contributed by atoms with E-state index in [2.05, 4.69) is 0 Å². The number of hydrogen-bond donors (Lipinski definition) is 2. The second-order valence-corrected chi connectivity index (χ2v) is 3.70. The number of rotatable bonds is 1. The molecule has 0 aromatic heterocycles. The monoisotopic (exact) mass is 212 g/mol. The van der Waals surface area contributed by atoms with Crippen molar-refractivity contribution < 1.29 is 19.1 Å². The maximum absolute atomic E-state index is 11.3. The lowest BCUT2D eigenvalue weighted by molar-refractivity contribution is -0.213. The van der Waals surface area contributed by atoms with Gasteiger partial charge in [-0.3, -0.25) is 0 Å². The molecular weight excluding hydrogens is 200 g/mol. The standard InChI is InChI=1S/C9H12N2O4/c10-8(11)9-4-3-5(9)14-6(12)1-2-7(13)15-9/h1-2,5,8H,3-4,10-11H2/b2-1+. The smallest absolute Gasteiger partial charge is 0.331 e. The Morgan fingerprint density at radius 2 is 2.00 bits per heavy atom. The van der Waals surface area contributed by atoms with Gasteiger partial charge in [-0.05, 0) is 12.8 Å². The summed E-state index contributed by atoms with van der Waals surface area (Å²) in [5.41, 5.74) is 10.1. The van der Waals surface area contributed by atoms with Gasteiger partial charge < -0.3 is 20.9 Å². The molecular formula is C9H12N2O4. The zero-order chi connectivity index (χ0) is 11.1. The highest BCUT2D eigenvalue weighted by atomic mass is 16.6. The van der Waals surface area contributed by atoms with Crippen LogP contribution in [0.25, 0.3) is 0 Å². The molecule has 2 atom stereocenters. The predicted octanol–water partition coefficient (Wildman–Crippen LogP) is -1.21. The van der Waals surface area contributed by atoms with Crippen LogP contribution in [-0.2, 0) is 19.1 Å². The maximum Gasteiger partial charge on any atom is 0.331 e. The van der Waals surface area contributed by atoms with Gasteiger partial charge in [0.15, 0.2) is 5.60 Å². The minimum absolute atomic E-state index is 0.516. The lowest BCUT2D eigenvalue weighted by atomic mass is 9.74. The largest absolute Gasteiger partial charge is 0.455 e. The lowest BCUT2D eigenvalue weighted by Gasteiger charge is -2.49. The maximum atomic E-state index is 11.3. The Bertz CT molecular complexity index is 339. The van der Waals surface area contributed by atoms with Crippen molar-refractivity contribution in [2.75, 3.05) is 0 Å². The van der Waals surface area contributed by atoms with Crippen LogP contribution < -0.4 is 11.5 Å². The van der Waals surface area contributed by atoms with E-state index in [1.807, 2.05) is 0 Å². The van der Waals surface area contributed by atoms with Gasteiger partial charge in [0.25, 0.3) is 0 Å². The molecule has 0 bridgehead atoms. The molecule has 6 nitrogen and oxygen atoms in total. The second-order valence-electron chi connectivity index (χ2n) is 3.70. The number of hydrogen-bond acceptors (Lipinski definition) is 6. The molecule has 0 amide bonds. The summed E-state index contributed by atoms with van der Waals surface area (Å²) in [4.78, 5) is 22.4. The number of nitrogens with two attached hydrogens (primary N) is 2. The number of carbonyl (C=O) groups excluding carboxylic acids is 2. The summed E-state index contributed by atoms with van der Waals surface area (Å²) in [5, 5.41) is 0. The van der Waals surface area contributed by atoms with E-state index in [9.17, 15) is 9.59 Å². The highest BCUT2D eigenvalue weighted by molar-refractivity contribution is 5.92. The molecule has 6 heteroatoms. The molecule has 82 valence electrons. The van der Waals surface area contributed by atoms with Crippen molar-refractivity contribution in [2.45, 2.75) is 30.7 Å². The number of carbonyl (C=O) groups is 2. The fraction of sp³-hybridized carbons (Fsp3) is 0.556. The molecule has 1 aliphatic heterocycles. The SMILES string of the molecule is NC(N)C12CCC1OC(=O)/C=C/C(=O)O2. The first kappa shape index (κ1) is 10.1. The third-order valence-corrected chi connectivity index (χ3v) is 2.81. The topological polar surface area (TPSA) is 105 Å². The Morgan fingerprint density at radius 1 is 1.33 bits per heavy atom. The molecule has 2 aliphatic rings. The number of esters is 2. The summed E-state index contributed by atoms with van der Waals surface area (Å²) in [6, 6.07) is 0. The molecule has 1 saturated carbocycles. The lowest BCUT2D eigenvalue weighted by Crippen LogP contribution is -2.69. The van der Waals surface area contributed by atoms with E-state index in [0.717, 1.165) is 12.2 Å². The molecule has 1 fully saturated rings. The summed E-state index contributed by atoms with van der Waals surface area (Å²) in [7, 11) is 0. The average molecular weight is 212 g/mol. The van der Waals surface area contributed by atoms with Crippen molar-refractivity contribution >= 4 is 11.9 Å². The van der Waals surface area contributed by atoms with Crippen LogP contribution in [0.1, 0.15) is 12.8 Å². The zero-order valence-corrected chi connectivity index (χ0v) is 8.01. The van der Waals surface area contributed by atoms with Crippen LogP contribution in [0.4, 0.5) is 0 Å². The van der Waals surface area contributed by atoms with Gasteiger partial charge in [0.05, 0.1) is 6.17 Å². The van der Waals surface area contributed by atoms with E-state index in [-0.39, 0.29) is 0 Å². The summed E-state index contributed by atoms with van der Waals surface area (Å²) in [6.07, 6.45) is 1.80. The molecule has 0 spiro atoms. The van der Waals surface area contributed by atoms with Crippen LogP contribution in [0.2, 0.25) is 0 Å². The first-order valence-corrected chi connectivity index (χ1v) is 4.67. The molecule has 4 N–H and O–H groups in total. The van der Waals surface area contributed by atoms with E-state index < -0.39 is 29.8 Å². The fourth-order valence-corrected chi connectivity index (χ4v) is 1.81. The van der Waals surface area contributed by atoms with Crippen molar-refractivity contribution in [1.29, 1.82) is 0 Å². The van der Waals surface area contributed by atoms with Crippen LogP contribution >= 0.6 is 0 Å². The van der Waals surface area contributed by atoms with Crippen molar-refractivity contribution in [1.82, 2.24) is 0 Å². The molecule has 2 unspecified atom stereocenters. The minimum Gasteiger partial charge on any atom is -0.455 e. The van der Waals surface area contributed by atoms with Gasteiger partial charge in [-0.2, -0.15) is 0 Å². The van der Waals surface area contributed by atoms with Gasteiger partial charge in [0, 0.05) is 12.2 Å². The molecule has 0 radical (unpaired) electrons. The van der Waals surface area contributed by atoms with E-state index >= 15 is 0 Å². The van der Waals surface area contributed by atoms with Gasteiger partial charge in [-0.25, -0.2) is 9.59 Å². The molecule has 0 aromatic rings. The average Bonchev–Trinajstić information content (AvgIpc) is 2.16. The van der Waals surface area contributed by atoms with Crippen LogP contribution in [0.3, 0.4) is 0 Å². The van der Waals surface area contributed by atoms with Gasteiger partial charge >= 0.3 is 11.9 Å². The molecule has 0 aromatic carbocycles. The van der Waals surface area contributed by atoms with Gasteiger partial charge in [0.2, 0.25) is 0 Å². The fourth-order valence-electron chi connectivity index (χ4n) is 1.81. The predicted molar refractivity (Wildman–Crippen MR) is 49.2 cm³/mol. The summed E-state index contributed by atoms with van der Waals surface area (Å²) >= 11 is 0. The normalized spacial score (nSPS) is 36.9. The summed E-state index contributed by atoms with van der Waals surface area (Å²) in [5.74, 6) is -1.18. The highest BCUT2D eigenvalue weighted by Gasteiger charge is 2.56. The highest BCUT2D eigenvalue weighted by Crippen LogP contribution is 2.40. The number of ether oxygens (including phenoxy) is 2. The molecule has 0 saturated heterocycles. The van der Waals surface area contributed by atoms with E-state index in [1.165, 1.54) is 0 Å². The van der Waals surface area contributed by atoms with Gasteiger partial charge in [-0.15, -0.1) is 0 Å². The quantitative estimate of drug-likeness (QED) is 0.417. The van der Waals surface area contributed by atoms with E-state index in [0.29, 0.717) is 12.8 Å². The Balaban J connectivity index is 2.28. The van der Waals surface area contributed by atoms with E-state index in [4.69, 9.17) is 20.9 Å². The van der Waals surface area contributed by atoms with Crippen LogP contribution in [0.15, 0.2) is 12.2 Å². The van der Waals surface area contributed by atoms with E-state index in [1.54, 1.807) is 0 Å². The Hall–Kier alpha value is -1.40. The summed E-state index contributed by atoms with van der Waals surface area (Å²) < 4.78 is 10.2. The van der Waals surface area contributed by atoms with Crippen molar-refractivity contribution in [3.8, 4) is 0 Å². The Morgan fingerprint density at radius 3 is 2.53 bits per heavy atom. The second kappa shape index (κ2) is 3.32. The Kier molecular flexibility index (Phi) is 2.24. The van der Waals surface area contributed by atoms with Crippen LogP contribution in [0, 0.1) is 0 Å². The minimum atomic E-state index is -1.04. The van der Waals surface area contributed by atoms with Crippen molar-refractivity contribution in [3.63, 3.8) is 0 Å². The molecule has 1 aliphatic carbocycles. The molecule has 1 heterocycles. The van der Waals surface area contributed by atoms with Crippen LogP contribution in [-0.4, -0.2) is 29.8 Å². The molecule has 15 heavy (non-hydrogen) atoms.